The third-order valence-corrected chi connectivity index (χ3v) is 1.55. The van der Waals surface area contributed by atoms with Gasteiger partial charge in [-0.05, 0) is 6.92 Å². The van der Waals surface area contributed by atoms with Crippen LogP contribution in [0, 0.1) is 5.82 Å². The molecule has 0 aliphatic carbocycles. The van der Waals surface area contributed by atoms with E-state index in [9.17, 15) is 18.8 Å². The first-order valence-corrected chi connectivity index (χ1v) is 4.39. The summed E-state index contributed by atoms with van der Waals surface area (Å²) in [4.78, 5) is 34.4. The van der Waals surface area contributed by atoms with Crippen LogP contribution in [0.1, 0.15) is 6.92 Å². The molecule has 1 aromatic rings. The Morgan fingerprint density at radius 2 is 2.24 bits per heavy atom. The first-order valence-electron chi connectivity index (χ1n) is 4.39. The molecule has 0 radical (unpaired) electrons. The largest absolute Gasteiger partial charge is 0.515 e. The monoisotopic (exact) mass is 244 g/mol. The summed E-state index contributed by atoms with van der Waals surface area (Å²) in [6.45, 7) is 4.13. The highest BCUT2D eigenvalue weighted by atomic mass is 19.1. The summed E-state index contributed by atoms with van der Waals surface area (Å²) in [7, 11) is 0. The zero-order valence-corrected chi connectivity index (χ0v) is 8.86. The van der Waals surface area contributed by atoms with E-state index in [1.165, 1.54) is 6.92 Å². The van der Waals surface area contributed by atoms with Crippen molar-refractivity contribution >= 4 is 6.16 Å². The number of carbonyl (C=O) groups is 1. The van der Waals surface area contributed by atoms with E-state index >= 15 is 0 Å². The third-order valence-electron chi connectivity index (χ3n) is 1.55. The Morgan fingerprint density at radius 1 is 1.59 bits per heavy atom. The van der Waals surface area contributed by atoms with Gasteiger partial charge in [0.1, 0.15) is 5.76 Å². The standard InChI is InChI=1S/C9H9FN2O5/c1-5(2)17-9(15)16-4-12-3-6(10)7(13)11-8(12)14/h3H,1,4H2,2H3,(H,11,13,14). The lowest BCUT2D eigenvalue weighted by Crippen LogP contribution is -2.32. The molecule has 0 atom stereocenters. The van der Waals surface area contributed by atoms with Gasteiger partial charge in [-0.15, -0.1) is 0 Å². The fraction of sp³-hybridized carbons (Fsp3) is 0.222. The number of H-pyrrole nitrogens is 1. The van der Waals surface area contributed by atoms with Crippen molar-refractivity contribution in [3.63, 3.8) is 0 Å². The first-order chi connectivity index (χ1) is 7.90. The molecule has 92 valence electrons. The predicted octanol–water partition coefficient (Wildman–Crippen LogP) is 0.320. The number of allylic oxidation sites excluding steroid dienone is 1. The minimum absolute atomic E-state index is 0.106. The summed E-state index contributed by atoms with van der Waals surface area (Å²) >= 11 is 0. The van der Waals surface area contributed by atoms with Crippen LogP contribution in [0.5, 0.6) is 0 Å². The normalized spacial score (nSPS) is 9.76. The molecule has 0 fully saturated rings. The Bertz CT molecular complexity index is 559. The van der Waals surface area contributed by atoms with Crippen molar-refractivity contribution in [3.8, 4) is 0 Å². The van der Waals surface area contributed by atoms with E-state index in [-0.39, 0.29) is 5.76 Å². The number of rotatable bonds is 3. The second-order valence-electron chi connectivity index (χ2n) is 3.03. The number of ether oxygens (including phenoxy) is 2. The van der Waals surface area contributed by atoms with Crippen molar-refractivity contribution in [1.29, 1.82) is 0 Å². The first kappa shape index (κ1) is 12.7. The summed E-state index contributed by atoms with van der Waals surface area (Å²) in [5.74, 6) is -1.06. The molecular formula is C9H9FN2O5. The number of hydrogen-bond donors (Lipinski definition) is 1. The maximum Gasteiger partial charge on any atom is 0.515 e. The van der Waals surface area contributed by atoms with Crippen LogP contribution >= 0.6 is 0 Å². The summed E-state index contributed by atoms with van der Waals surface area (Å²) in [5, 5.41) is 0. The smallest absolute Gasteiger partial charge is 0.412 e. The molecule has 1 N–H and O–H groups in total. The van der Waals surface area contributed by atoms with Gasteiger partial charge >= 0.3 is 11.8 Å². The fourth-order valence-corrected chi connectivity index (χ4v) is 0.873. The molecule has 0 bridgehead atoms. The van der Waals surface area contributed by atoms with E-state index in [0.29, 0.717) is 10.8 Å². The number of nitrogens with zero attached hydrogens (tertiary/aromatic N) is 1. The Hall–Kier alpha value is -2.38. The van der Waals surface area contributed by atoms with Crippen molar-refractivity contribution < 1.29 is 18.7 Å². The summed E-state index contributed by atoms with van der Waals surface area (Å²) in [6, 6.07) is 0. The number of aromatic amines is 1. The van der Waals surface area contributed by atoms with Gasteiger partial charge < -0.3 is 9.47 Å². The van der Waals surface area contributed by atoms with Gasteiger partial charge in [0.2, 0.25) is 5.82 Å². The van der Waals surface area contributed by atoms with Crippen LogP contribution in [-0.2, 0) is 16.2 Å². The van der Waals surface area contributed by atoms with Gasteiger partial charge in [-0.1, -0.05) is 6.58 Å². The Labute approximate surface area is 94.1 Å². The zero-order chi connectivity index (χ0) is 13.0. The van der Waals surface area contributed by atoms with E-state index in [2.05, 4.69) is 16.1 Å². The quantitative estimate of drug-likeness (QED) is 0.610. The predicted molar refractivity (Wildman–Crippen MR) is 53.7 cm³/mol. The number of nitrogens with one attached hydrogen (secondary N) is 1. The number of halogens is 1. The van der Waals surface area contributed by atoms with Crippen molar-refractivity contribution in [1.82, 2.24) is 9.55 Å². The molecular weight excluding hydrogens is 235 g/mol. The van der Waals surface area contributed by atoms with Crippen molar-refractivity contribution in [2.75, 3.05) is 0 Å². The second-order valence-corrected chi connectivity index (χ2v) is 3.03. The van der Waals surface area contributed by atoms with Gasteiger partial charge in [-0.3, -0.25) is 14.3 Å². The molecule has 7 nitrogen and oxygen atoms in total. The molecule has 0 saturated heterocycles. The van der Waals surface area contributed by atoms with Crippen LogP contribution in [0.25, 0.3) is 0 Å². The van der Waals surface area contributed by atoms with Gasteiger partial charge in [-0.25, -0.2) is 9.59 Å². The van der Waals surface area contributed by atoms with Crippen LogP contribution in [0.2, 0.25) is 0 Å². The average Bonchev–Trinajstić information content (AvgIpc) is 2.20. The molecule has 0 aliphatic heterocycles. The molecule has 17 heavy (non-hydrogen) atoms. The fourth-order valence-electron chi connectivity index (χ4n) is 0.873. The minimum Gasteiger partial charge on any atom is -0.412 e. The molecule has 1 heterocycles. The summed E-state index contributed by atoms with van der Waals surface area (Å²) < 4.78 is 22.4. The van der Waals surface area contributed by atoms with Gasteiger partial charge in [0.15, 0.2) is 6.73 Å². The topological polar surface area (TPSA) is 90.4 Å². The van der Waals surface area contributed by atoms with Gasteiger partial charge in [0.05, 0.1) is 6.20 Å². The SMILES string of the molecule is C=C(C)OC(=O)OCn1cc(F)c(=O)[nH]c1=O. The molecule has 0 spiro atoms. The molecule has 0 unspecified atom stereocenters. The maximum atomic E-state index is 12.8. The van der Waals surface area contributed by atoms with Crippen molar-refractivity contribution in [3.05, 3.63) is 45.2 Å². The third kappa shape index (κ3) is 3.59. The Balaban J connectivity index is 2.73. The van der Waals surface area contributed by atoms with Crippen LogP contribution in [0.3, 0.4) is 0 Å². The van der Waals surface area contributed by atoms with E-state index in [4.69, 9.17) is 0 Å². The highest BCUT2D eigenvalue weighted by molar-refractivity contribution is 5.60. The lowest BCUT2D eigenvalue weighted by molar-refractivity contribution is 0.0511. The zero-order valence-electron chi connectivity index (χ0n) is 8.86. The lowest BCUT2D eigenvalue weighted by Gasteiger charge is -2.06. The maximum absolute atomic E-state index is 12.8. The van der Waals surface area contributed by atoms with Crippen molar-refractivity contribution in [2.45, 2.75) is 13.7 Å². The molecule has 1 rings (SSSR count). The van der Waals surface area contributed by atoms with E-state index < -0.39 is 30.0 Å². The van der Waals surface area contributed by atoms with E-state index in [1.54, 1.807) is 4.98 Å². The Kier molecular flexibility index (Phi) is 3.81. The van der Waals surface area contributed by atoms with Crippen LogP contribution < -0.4 is 11.2 Å². The number of carbonyl (C=O) groups excluding carboxylic acids is 1. The molecule has 0 saturated carbocycles. The molecule has 0 aromatic carbocycles. The van der Waals surface area contributed by atoms with Gasteiger partial charge in [-0.2, -0.15) is 4.39 Å². The molecule has 0 aliphatic rings. The lowest BCUT2D eigenvalue weighted by atomic mass is 10.6. The van der Waals surface area contributed by atoms with Crippen LogP contribution in [0.4, 0.5) is 9.18 Å². The van der Waals surface area contributed by atoms with E-state index in [1.807, 2.05) is 0 Å². The summed E-state index contributed by atoms with van der Waals surface area (Å²) in [6.07, 6.45) is -0.467. The van der Waals surface area contributed by atoms with Crippen LogP contribution in [0.15, 0.2) is 28.1 Å². The number of aromatic nitrogens is 2. The molecule has 0 amide bonds. The van der Waals surface area contributed by atoms with Gasteiger partial charge in [0.25, 0.3) is 5.56 Å². The highest BCUT2D eigenvalue weighted by Gasteiger charge is 2.07. The van der Waals surface area contributed by atoms with Gasteiger partial charge in [0, 0.05) is 0 Å². The van der Waals surface area contributed by atoms with E-state index in [0.717, 1.165) is 0 Å². The molecule has 8 heteroatoms. The molecule has 1 aromatic heterocycles. The second kappa shape index (κ2) is 5.10. The van der Waals surface area contributed by atoms with Crippen molar-refractivity contribution in [2.24, 2.45) is 0 Å². The number of hydrogen-bond acceptors (Lipinski definition) is 5. The minimum atomic E-state index is -1.17. The van der Waals surface area contributed by atoms with Crippen LogP contribution in [-0.4, -0.2) is 15.7 Å². The summed E-state index contributed by atoms with van der Waals surface area (Å²) in [5.41, 5.74) is -2.05. The average molecular weight is 244 g/mol. The highest BCUT2D eigenvalue weighted by Crippen LogP contribution is 1.95. The Morgan fingerprint density at radius 3 is 2.82 bits per heavy atom.